The molecule has 0 aliphatic carbocycles. The minimum Gasteiger partial charge on any atom is -0.490 e. The first-order valence-corrected chi connectivity index (χ1v) is 9.96. The van der Waals surface area contributed by atoms with Crippen LogP contribution in [0.15, 0.2) is 41.5 Å². The van der Waals surface area contributed by atoms with Crippen LogP contribution in [0.2, 0.25) is 0 Å². The molecule has 0 fully saturated rings. The molecule has 1 heterocycles. The summed E-state index contributed by atoms with van der Waals surface area (Å²) in [4.78, 5) is 35.5. The van der Waals surface area contributed by atoms with Crippen molar-refractivity contribution >= 4 is 24.0 Å². The van der Waals surface area contributed by atoms with Crippen LogP contribution < -0.4 is 29.7 Å². The molecule has 0 aromatic heterocycles. The maximum Gasteiger partial charge on any atom is 0.343 e. The molecule has 2 aromatic carbocycles. The van der Waals surface area contributed by atoms with Gasteiger partial charge in [-0.25, -0.2) is 10.2 Å². The Hall–Kier alpha value is -4.28. The average Bonchev–Trinajstić information content (AvgIpc) is 3.30. The molecule has 0 bridgehead atoms. The highest BCUT2D eigenvalue weighted by atomic mass is 16.7. The van der Waals surface area contributed by atoms with E-state index < -0.39 is 17.8 Å². The molecule has 11 heteroatoms. The van der Waals surface area contributed by atoms with Gasteiger partial charge in [0.15, 0.2) is 29.6 Å². The number of amides is 2. The van der Waals surface area contributed by atoms with Gasteiger partial charge in [-0.3, -0.25) is 9.59 Å². The molecular formula is C22H23N3O8. The molecule has 33 heavy (non-hydrogen) atoms. The van der Waals surface area contributed by atoms with Crippen LogP contribution in [-0.2, 0) is 14.3 Å². The van der Waals surface area contributed by atoms with Crippen LogP contribution in [-0.4, -0.2) is 57.7 Å². The van der Waals surface area contributed by atoms with Crippen molar-refractivity contribution in [3.63, 3.8) is 0 Å². The molecule has 2 aromatic rings. The molecule has 11 nitrogen and oxygen atoms in total. The normalized spacial score (nSPS) is 11.7. The second kappa shape index (κ2) is 11.4. The fourth-order valence-corrected chi connectivity index (χ4v) is 2.71. The molecule has 1 aliphatic rings. The standard InChI is InChI=1S/C22H23N3O8/c1-3-30-18-8-14(4-6-16(18)31-12-21(27)29-2)10-24-25-20(26)11-23-22(28)15-5-7-17-19(9-15)33-13-32-17/h4-10H,3,11-13H2,1-2H3,(H,23,28)(H,25,26)/b24-10-. The van der Waals surface area contributed by atoms with Gasteiger partial charge >= 0.3 is 5.97 Å². The monoisotopic (exact) mass is 457 g/mol. The Labute approximate surface area is 189 Å². The minimum absolute atomic E-state index is 0.107. The fraction of sp³-hybridized carbons (Fsp3) is 0.273. The smallest absolute Gasteiger partial charge is 0.343 e. The van der Waals surface area contributed by atoms with Crippen LogP contribution in [0.3, 0.4) is 0 Å². The van der Waals surface area contributed by atoms with Crippen LogP contribution in [0.1, 0.15) is 22.8 Å². The fourth-order valence-electron chi connectivity index (χ4n) is 2.71. The van der Waals surface area contributed by atoms with Gasteiger partial charge in [0.1, 0.15) is 0 Å². The molecule has 0 radical (unpaired) electrons. The third-order valence-corrected chi connectivity index (χ3v) is 4.29. The lowest BCUT2D eigenvalue weighted by molar-refractivity contribution is -0.142. The number of fused-ring (bicyclic) bond motifs is 1. The Kier molecular flexibility index (Phi) is 8.06. The van der Waals surface area contributed by atoms with Gasteiger partial charge in [0.05, 0.1) is 26.5 Å². The van der Waals surface area contributed by atoms with E-state index in [0.29, 0.717) is 40.7 Å². The molecule has 0 spiro atoms. The Morgan fingerprint density at radius 3 is 2.67 bits per heavy atom. The molecule has 0 atom stereocenters. The first-order chi connectivity index (χ1) is 16.0. The summed E-state index contributed by atoms with van der Waals surface area (Å²) in [5, 5.41) is 6.38. The zero-order valence-electron chi connectivity index (χ0n) is 18.1. The highest BCUT2D eigenvalue weighted by Crippen LogP contribution is 2.32. The van der Waals surface area contributed by atoms with Crippen molar-refractivity contribution in [1.29, 1.82) is 0 Å². The summed E-state index contributed by atoms with van der Waals surface area (Å²) in [6.07, 6.45) is 1.41. The Bertz CT molecular complexity index is 1050. The molecule has 3 rings (SSSR count). The lowest BCUT2D eigenvalue weighted by Crippen LogP contribution is -2.34. The van der Waals surface area contributed by atoms with Gasteiger partial charge in [0, 0.05) is 5.56 Å². The third kappa shape index (κ3) is 6.60. The van der Waals surface area contributed by atoms with Gasteiger partial charge in [-0.2, -0.15) is 5.10 Å². The van der Waals surface area contributed by atoms with E-state index in [4.69, 9.17) is 18.9 Å². The molecule has 0 saturated heterocycles. The third-order valence-electron chi connectivity index (χ3n) is 4.29. The number of ether oxygens (including phenoxy) is 5. The quantitative estimate of drug-likeness (QED) is 0.309. The number of methoxy groups -OCH3 is 1. The van der Waals surface area contributed by atoms with Gasteiger partial charge in [-0.1, -0.05) is 0 Å². The van der Waals surface area contributed by atoms with E-state index in [1.54, 1.807) is 36.4 Å². The largest absolute Gasteiger partial charge is 0.490 e. The van der Waals surface area contributed by atoms with Crippen molar-refractivity contribution in [2.45, 2.75) is 6.92 Å². The predicted molar refractivity (Wildman–Crippen MR) is 116 cm³/mol. The number of benzene rings is 2. The Morgan fingerprint density at radius 1 is 1.06 bits per heavy atom. The molecule has 0 unspecified atom stereocenters. The number of nitrogens with zero attached hydrogens (tertiary/aromatic N) is 1. The lowest BCUT2D eigenvalue weighted by Gasteiger charge is -2.11. The van der Waals surface area contributed by atoms with E-state index in [9.17, 15) is 14.4 Å². The van der Waals surface area contributed by atoms with E-state index in [0.717, 1.165) is 0 Å². The SMILES string of the molecule is CCOc1cc(/C=N\NC(=O)CNC(=O)c2ccc3c(c2)OCO3)ccc1OCC(=O)OC. The summed E-state index contributed by atoms with van der Waals surface area (Å²) in [6.45, 7) is 1.78. The second-order valence-electron chi connectivity index (χ2n) is 6.55. The number of hydrazone groups is 1. The van der Waals surface area contributed by atoms with Gasteiger partial charge in [-0.05, 0) is 48.9 Å². The zero-order chi connectivity index (χ0) is 23.6. The maximum absolute atomic E-state index is 12.2. The van der Waals surface area contributed by atoms with Crippen molar-refractivity contribution < 1.29 is 38.1 Å². The maximum atomic E-state index is 12.2. The van der Waals surface area contributed by atoms with Crippen LogP contribution in [0.4, 0.5) is 0 Å². The molecule has 2 N–H and O–H groups in total. The summed E-state index contributed by atoms with van der Waals surface area (Å²) >= 11 is 0. The van der Waals surface area contributed by atoms with Crippen LogP contribution in [0, 0.1) is 0 Å². The number of carbonyl (C=O) groups is 3. The number of rotatable bonds is 10. The summed E-state index contributed by atoms with van der Waals surface area (Å²) < 4.78 is 25.9. The number of carbonyl (C=O) groups excluding carboxylic acids is 3. The van der Waals surface area contributed by atoms with E-state index in [-0.39, 0.29) is 19.9 Å². The highest BCUT2D eigenvalue weighted by molar-refractivity contribution is 5.97. The number of nitrogens with one attached hydrogen (secondary N) is 2. The van der Waals surface area contributed by atoms with E-state index >= 15 is 0 Å². The number of hydrogen-bond acceptors (Lipinski definition) is 9. The van der Waals surface area contributed by atoms with Gasteiger partial charge < -0.3 is 29.0 Å². The van der Waals surface area contributed by atoms with Crippen molar-refractivity contribution in [1.82, 2.24) is 10.7 Å². The first-order valence-electron chi connectivity index (χ1n) is 9.96. The van der Waals surface area contributed by atoms with E-state index in [1.165, 1.54) is 13.3 Å². The summed E-state index contributed by atoms with van der Waals surface area (Å²) in [6, 6.07) is 9.68. The van der Waals surface area contributed by atoms with Gasteiger partial charge in [0.2, 0.25) is 6.79 Å². The first kappa shape index (κ1) is 23.4. The average molecular weight is 457 g/mol. The highest BCUT2D eigenvalue weighted by Gasteiger charge is 2.16. The van der Waals surface area contributed by atoms with E-state index in [2.05, 4.69) is 20.6 Å². The molecule has 1 aliphatic heterocycles. The van der Waals surface area contributed by atoms with Crippen LogP contribution in [0.5, 0.6) is 23.0 Å². The van der Waals surface area contributed by atoms with Crippen molar-refractivity contribution in [3.05, 3.63) is 47.5 Å². The number of hydrogen-bond donors (Lipinski definition) is 2. The van der Waals surface area contributed by atoms with Crippen molar-refractivity contribution in [2.75, 3.05) is 33.7 Å². The van der Waals surface area contributed by atoms with Crippen LogP contribution in [0.25, 0.3) is 0 Å². The lowest BCUT2D eigenvalue weighted by atomic mass is 10.2. The van der Waals surface area contributed by atoms with E-state index in [1.807, 2.05) is 6.92 Å². The Balaban J connectivity index is 1.50. The molecular weight excluding hydrogens is 434 g/mol. The van der Waals surface area contributed by atoms with Gasteiger partial charge in [-0.15, -0.1) is 0 Å². The number of esters is 1. The second-order valence-corrected chi connectivity index (χ2v) is 6.55. The zero-order valence-corrected chi connectivity index (χ0v) is 18.1. The summed E-state index contributed by atoms with van der Waals surface area (Å²) in [5.41, 5.74) is 3.29. The molecule has 0 saturated carbocycles. The summed E-state index contributed by atoms with van der Waals surface area (Å²) in [7, 11) is 1.27. The van der Waals surface area contributed by atoms with Crippen molar-refractivity contribution in [3.8, 4) is 23.0 Å². The Morgan fingerprint density at radius 2 is 1.88 bits per heavy atom. The van der Waals surface area contributed by atoms with Crippen molar-refractivity contribution in [2.24, 2.45) is 5.10 Å². The predicted octanol–water partition coefficient (Wildman–Crippen LogP) is 1.25. The topological polar surface area (TPSA) is 134 Å². The summed E-state index contributed by atoms with van der Waals surface area (Å²) in [5.74, 6) is 0.359. The van der Waals surface area contributed by atoms with Crippen LogP contribution >= 0.6 is 0 Å². The van der Waals surface area contributed by atoms with Gasteiger partial charge in [0.25, 0.3) is 11.8 Å². The molecule has 174 valence electrons. The minimum atomic E-state index is -0.517. The molecule has 2 amide bonds.